The monoisotopic (exact) mass is 410 g/mol. The van der Waals surface area contributed by atoms with Crippen LogP contribution in [0.15, 0.2) is 17.5 Å². The van der Waals surface area contributed by atoms with Crippen molar-refractivity contribution in [2.45, 2.75) is 13.0 Å². The minimum atomic E-state index is -0.103. The Hall–Kier alpha value is -3.42. The standard InChI is InChI=1S/C19H19N7O2S/c1-25(4-5-27)18-12(8-20)14-11-7-13(28)26(9-10-3-2-6-29-10)19(11)24-17(22)15(14)16(21)23-18/h2-3,6,27H,4-5,7,9H2,1H3,(H2,21,23)(H2,22,24)/p+1. The number of nitriles is 1. The number of aliphatic hydroxyl groups is 1. The number of hydrogen-bond donors (Lipinski definition) is 3. The zero-order valence-electron chi connectivity index (χ0n) is 15.8. The Morgan fingerprint density at radius 1 is 1.45 bits per heavy atom. The molecule has 29 heavy (non-hydrogen) atoms. The molecule has 1 amide bonds. The number of fused-ring (bicyclic) bond motifs is 3. The van der Waals surface area contributed by atoms with Gasteiger partial charge in [-0.2, -0.15) is 5.26 Å². The average Bonchev–Trinajstić information content (AvgIpc) is 3.30. The zero-order chi connectivity index (χ0) is 20.7. The van der Waals surface area contributed by atoms with Gasteiger partial charge in [0.1, 0.15) is 23.3 Å². The number of thiophene rings is 1. The summed E-state index contributed by atoms with van der Waals surface area (Å²) in [4.78, 5) is 24.6. The number of pyridine rings is 2. The van der Waals surface area contributed by atoms with E-state index in [9.17, 15) is 15.2 Å². The molecule has 148 valence electrons. The van der Waals surface area contributed by atoms with Crippen LogP contribution < -0.4 is 26.3 Å². The first kappa shape index (κ1) is 18.9. The third-order valence-electron chi connectivity index (χ3n) is 5.02. The fraction of sp³-hybridized carbons (Fsp3) is 0.263. The Balaban J connectivity index is 1.97. The Morgan fingerprint density at radius 3 is 2.90 bits per heavy atom. The molecular formula is C19H20N7O2S+. The van der Waals surface area contributed by atoms with Crippen LogP contribution in [0.25, 0.3) is 10.8 Å². The molecule has 0 aromatic carbocycles. The van der Waals surface area contributed by atoms with Gasteiger partial charge in [-0.1, -0.05) is 6.07 Å². The Kier molecular flexibility index (Phi) is 4.70. The Labute approximate surface area is 170 Å². The van der Waals surface area contributed by atoms with Crippen molar-refractivity contribution in [1.82, 2.24) is 4.98 Å². The second-order valence-corrected chi connectivity index (χ2v) is 7.84. The molecule has 0 saturated carbocycles. The topological polar surface area (TPSA) is 147 Å². The summed E-state index contributed by atoms with van der Waals surface area (Å²) < 4.78 is 0. The quantitative estimate of drug-likeness (QED) is 0.560. The number of anilines is 4. The summed E-state index contributed by atoms with van der Waals surface area (Å²) in [5, 5.41) is 22.1. The highest BCUT2D eigenvalue weighted by Gasteiger charge is 2.35. The molecule has 0 bridgehead atoms. The highest BCUT2D eigenvalue weighted by molar-refractivity contribution is 7.09. The van der Waals surface area contributed by atoms with Gasteiger partial charge in [-0.05, 0) is 11.4 Å². The van der Waals surface area contributed by atoms with Crippen LogP contribution in [-0.4, -0.2) is 36.2 Å². The molecule has 0 atom stereocenters. The van der Waals surface area contributed by atoms with E-state index in [0.717, 1.165) is 4.88 Å². The summed E-state index contributed by atoms with van der Waals surface area (Å²) >= 11 is 1.56. The zero-order valence-corrected chi connectivity index (χ0v) is 16.6. The molecule has 1 aliphatic rings. The molecule has 0 unspecified atom stereocenters. The number of carbonyl (C=O) groups is 1. The summed E-state index contributed by atoms with van der Waals surface area (Å²) in [5.41, 5.74) is 13.4. The maximum Gasteiger partial charge on any atom is 0.240 e. The summed E-state index contributed by atoms with van der Waals surface area (Å²) in [6.45, 7) is 0.619. The fourth-order valence-electron chi connectivity index (χ4n) is 3.68. The lowest BCUT2D eigenvalue weighted by Crippen LogP contribution is -2.31. The van der Waals surface area contributed by atoms with Crippen molar-refractivity contribution in [3.05, 3.63) is 33.5 Å². The van der Waals surface area contributed by atoms with Gasteiger partial charge in [-0.3, -0.25) is 14.6 Å². The highest BCUT2D eigenvalue weighted by atomic mass is 32.1. The number of nitrogens with zero attached hydrogens (tertiary/aromatic N) is 4. The van der Waals surface area contributed by atoms with E-state index in [1.54, 1.807) is 28.2 Å². The van der Waals surface area contributed by atoms with E-state index in [2.05, 4.69) is 16.0 Å². The molecule has 4 heterocycles. The van der Waals surface area contributed by atoms with Crippen LogP contribution in [0.4, 0.5) is 23.3 Å². The second kappa shape index (κ2) is 7.20. The molecule has 0 spiro atoms. The number of nitrogen functional groups attached to an aromatic ring is 2. The van der Waals surface area contributed by atoms with Gasteiger partial charge in [0.25, 0.3) is 0 Å². The number of aliphatic hydroxyl groups excluding tert-OH is 1. The minimum absolute atomic E-state index is 0.0865. The third-order valence-corrected chi connectivity index (χ3v) is 5.88. The van der Waals surface area contributed by atoms with Crippen molar-refractivity contribution in [2.24, 2.45) is 0 Å². The number of hydrogen-bond acceptors (Lipinski definition) is 8. The van der Waals surface area contributed by atoms with Crippen LogP contribution >= 0.6 is 11.3 Å². The van der Waals surface area contributed by atoms with E-state index in [1.165, 1.54) is 0 Å². The third kappa shape index (κ3) is 3.00. The number of H-pyrrole nitrogens is 1. The van der Waals surface area contributed by atoms with Crippen LogP contribution in [0.5, 0.6) is 0 Å². The van der Waals surface area contributed by atoms with Crippen molar-refractivity contribution in [3.8, 4) is 6.07 Å². The SMILES string of the molecule is CN(CCO)c1[nH+]c(N)c2c(N)nc3c(c2c1C#N)CC(=O)N3Cc1cccs1. The number of aromatic amines is 1. The maximum absolute atomic E-state index is 12.8. The number of carbonyl (C=O) groups excluding carboxylic acids is 1. The number of rotatable bonds is 5. The largest absolute Gasteiger partial charge is 0.393 e. The van der Waals surface area contributed by atoms with Gasteiger partial charge < -0.3 is 16.6 Å². The van der Waals surface area contributed by atoms with Gasteiger partial charge in [0, 0.05) is 15.8 Å². The van der Waals surface area contributed by atoms with E-state index < -0.39 is 0 Å². The van der Waals surface area contributed by atoms with Crippen molar-refractivity contribution < 1.29 is 14.9 Å². The summed E-state index contributed by atoms with van der Waals surface area (Å²) in [5.74, 6) is 1.24. The smallest absolute Gasteiger partial charge is 0.240 e. The van der Waals surface area contributed by atoms with Gasteiger partial charge in [0.05, 0.1) is 38.6 Å². The van der Waals surface area contributed by atoms with E-state index in [-0.39, 0.29) is 30.6 Å². The number of nitrogens with one attached hydrogen (secondary N) is 1. The first-order valence-electron chi connectivity index (χ1n) is 8.97. The van der Waals surface area contributed by atoms with Crippen LogP contribution in [0, 0.1) is 11.3 Å². The summed E-state index contributed by atoms with van der Waals surface area (Å²) in [6, 6.07) is 6.10. The number of likely N-dealkylation sites (N-methyl/N-ethyl adjacent to an activating group) is 1. The lowest BCUT2D eigenvalue weighted by Gasteiger charge is -2.19. The van der Waals surface area contributed by atoms with Crippen LogP contribution in [0.1, 0.15) is 16.0 Å². The van der Waals surface area contributed by atoms with Gasteiger partial charge in [0.2, 0.25) is 17.5 Å². The molecule has 6 N–H and O–H groups in total. The molecule has 3 aromatic rings. The average molecular weight is 410 g/mol. The van der Waals surface area contributed by atoms with E-state index in [4.69, 9.17) is 11.5 Å². The predicted octanol–water partition coefficient (Wildman–Crippen LogP) is 0.664. The lowest BCUT2D eigenvalue weighted by atomic mass is 10.0. The molecule has 1 aliphatic heterocycles. The van der Waals surface area contributed by atoms with Crippen molar-refractivity contribution in [1.29, 1.82) is 5.26 Å². The van der Waals surface area contributed by atoms with Crippen molar-refractivity contribution in [3.63, 3.8) is 0 Å². The first-order chi connectivity index (χ1) is 14.0. The highest BCUT2D eigenvalue weighted by Crippen LogP contribution is 2.41. The second-order valence-electron chi connectivity index (χ2n) is 6.80. The van der Waals surface area contributed by atoms with Crippen molar-refractivity contribution >= 4 is 51.3 Å². The predicted molar refractivity (Wildman–Crippen MR) is 111 cm³/mol. The molecule has 10 heteroatoms. The summed E-state index contributed by atoms with van der Waals surface area (Å²) in [7, 11) is 1.74. The number of amides is 1. The van der Waals surface area contributed by atoms with E-state index >= 15 is 0 Å². The Bertz CT molecular complexity index is 1150. The lowest BCUT2D eigenvalue weighted by molar-refractivity contribution is -0.344. The molecule has 4 rings (SSSR count). The normalized spacial score (nSPS) is 13.0. The maximum atomic E-state index is 12.8. The molecular weight excluding hydrogens is 390 g/mol. The minimum Gasteiger partial charge on any atom is -0.393 e. The molecule has 3 aromatic heterocycles. The van der Waals surface area contributed by atoms with E-state index in [1.807, 2.05) is 17.5 Å². The van der Waals surface area contributed by atoms with Gasteiger partial charge in [-0.25, -0.2) is 9.97 Å². The van der Waals surface area contributed by atoms with Crippen LogP contribution in [0.3, 0.4) is 0 Å². The number of aromatic nitrogens is 2. The molecule has 0 saturated heterocycles. The van der Waals surface area contributed by atoms with Crippen LogP contribution in [0.2, 0.25) is 0 Å². The van der Waals surface area contributed by atoms with Gasteiger partial charge in [0.15, 0.2) is 0 Å². The molecule has 0 radical (unpaired) electrons. The fourth-order valence-corrected chi connectivity index (χ4v) is 4.37. The summed E-state index contributed by atoms with van der Waals surface area (Å²) in [6.07, 6.45) is 0.117. The van der Waals surface area contributed by atoms with Crippen LogP contribution in [-0.2, 0) is 17.8 Å². The van der Waals surface area contributed by atoms with E-state index in [0.29, 0.717) is 46.6 Å². The molecule has 0 fully saturated rings. The van der Waals surface area contributed by atoms with Gasteiger partial charge in [-0.15, -0.1) is 11.3 Å². The van der Waals surface area contributed by atoms with Gasteiger partial charge >= 0.3 is 0 Å². The first-order valence-corrected chi connectivity index (χ1v) is 9.85. The molecule has 9 nitrogen and oxygen atoms in total. The Morgan fingerprint density at radius 2 is 2.24 bits per heavy atom. The van der Waals surface area contributed by atoms with Crippen molar-refractivity contribution in [2.75, 3.05) is 41.5 Å². The number of nitrogens with two attached hydrogens (primary N) is 2. The molecule has 0 aliphatic carbocycles.